The van der Waals surface area contributed by atoms with Crippen LogP contribution >= 0.6 is 11.6 Å². The molecule has 1 amide bonds. The van der Waals surface area contributed by atoms with Gasteiger partial charge in [0.1, 0.15) is 17.1 Å². The molecule has 0 atom stereocenters. The minimum absolute atomic E-state index is 0.295. The Morgan fingerprint density at radius 1 is 1.22 bits per heavy atom. The summed E-state index contributed by atoms with van der Waals surface area (Å²) in [5, 5.41) is 11.2. The largest absolute Gasteiger partial charge is 0.444 e. The van der Waals surface area contributed by atoms with Crippen molar-refractivity contribution in [3.8, 4) is 22.6 Å². The lowest BCUT2D eigenvalue weighted by molar-refractivity contribution is 0.0523. The second-order valence-electron chi connectivity index (χ2n) is 6.92. The topological polar surface area (TPSA) is 92.8 Å². The molecule has 27 heavy (non-hydrogen) atoms. The molecule has 2 N–H and O–H groups in total. The molecule has 2 heterocycles. The summed E-state index contributed by atoms with van der Waals surface area (Å²) in [5.74, 6) is 0.664. The van der Waals surface area contributed by atoms with Crippen LogP contribution in [0, 0.1) is 0 Å². The quantitative estimate of drug-likeness (QED) is 0.701. The van der Waals surface area contributed by atoms with Gasteiger partial charge >= 0.3 is 6.09 Å². The molecular weight excluding hydrogens is 366 g/mol. The van der Waals surface area contributed by atoms with Gasteiger partial charge < -0.3 is 15.0 Å². The molecule has 0 bridgehead atoms. The van der Waals surface area contributed by atoms with Crippen LogP contribution in [0.5, 0.6) is 0 Å². The van der Waals surface area contributed by atoms with Crippen LogP contribution in [0.4, 0.5) is 4.79 Å². The van der Waals surface area contributed by atoms with E-state index in [-0.39, 0.29) is 0 Å². The molecule has 0 spiro atoms. The number of amides is 1. The first-order chi connectivity index (χ1) is 12.8. The van der Waals surface area contributed by atoms with Crippen molar-refractivity contribution in [2.45, 2.75) is 32.9 Å². The maximum atomic E-state index is 11.8. The number of hydrogen-bond acceptors (Lipinski definition) is 5. The molecule has 7 nitrogen and oxygen atoms in total. The van der Waals surface area contributed by atoms with E-state index in [1.807, 2.05) is 45.0 Å². The minimum Gasteiger partial charge on any atom is -0.444 e. The third-order valence-corrected chi connectivity index (χ3v) is 3.77. The van der Waals surface area contributed by atoms with Gasteiger partial charge in [-0.05, 0) is 32.4 Å². The van der Waals surface area contributed by atoms with E-state index < -0.39 is 11.7 Å². The van der Waals surface area contributed by atoms with Gasteiger partial charge in [0.05, 0.1) is 0 Å². The molecule has 3 rings (SSSR count). The minimum atomic E-state index is -0.524. The summed E-state index contributed by atoms with van der Waals surface area (Å²) in [7, 11) is 0. The van der Waals surface area contributed by atoms with Gasteiger partial charge in [0.15, 0.2) is 5.15 Å². The lowest BCUT2D eigenvalue weighted by atomic mass is 10.0. The number of carbonyl (C=O) groups is 1. The Labute approximate surface area is 162 Å². The van der Waals surface area contributed by atoms with Gasteiger partial charge in [-0.2, -0.15) is 0 Å². The van der Waals surface area contributed by atoms with Gasteiger partial charge in [0.2, 0.25) is 0 Å². The molecule has 1 aromatic carbocycles. The summed E-state index contributed by atoms with van der Waals surface area (Å²) in [4.78, 5) is 19.1. The number of nitrogens with one attached hydrogen (secondary N) is 2. The van der Waals surface area contributed by atoms with E-state index >= 15 is 0 Å². The van der Waals surface area contributed by atoms with Crippen molar-refractivity contribution in [2.24, 2.45) is 0 Å². The van der Waals surface area contributed by atoms with E-state index in [0.29, 0.717) is 23.2 Å². The fraction of sp³-hybridized carbons (Fsp3) is 0.263. The Morgan fingerprint density at radius 2 is 1.96 bits per heavy atom. The molecule has 2 aromatic heterocycles. The average molecular weight is 386 g/mol. The first-order valence-corrected chi connectivity index (χ1v) is 8.79. The molecule has 0 saturated carbocycles. The number of nitrogens with zero attached hydrogens (tertiary/aromatic N) is 3. The van der Waals surface area contributed by atoms with Crippen LogP contribution in [-0.2, 0) is 11.3 Å². The van der Waals surface area contributed by atoms with Crippen molar-refractivity contribution in [2.75, 3.05) is 0 Å². The molecule has 0 saturated heterocycles. The third kappa shape index (κ3) is 5.04. The van der Waals surface area contributed by atoms with Gasteiger partial charge in [-0.1, -0.05) is 35.9 Å². The third-order valence-electron chi connectivity index (χ3n) is 3.58. The zero-order valence-electron chi connectivity index (χ0n) is 15.3. The smallest absolute Gasteiger partial charge is 0.407 e. The van der Waals surface area contributed by atoms with Gasteiger partial charge in [0.25, 0.3) is 0 Å². The highest BCUT2D eigenvalue weighted by molar-refractivity contribution is 6.29. The Balaban J connectivity index is 1.76. The molecule has 140 valence electrons. The number of halogens is 1. The number of aromatic amines is 1. The lowest BCUT2D eigenvalue weighted by Crippen LogP contribution is -2.32. The SMILES string of the molecule is CC(C)(C)OC(=O)NCc1ccc(-c2nnc(Cl)cc2-c2ncc[nH]2)cc1. The number of carbonyl (C=O) groups excluding carboxylic acids is 1. The van der Waals surface area contributed by atoms with Crippen molar-refractivity contribution in [1.29, 1.82) is 0 Å². The van der Waals surface area contributed by atoms with Gasteiger partial charge in [0, 0.05) is 30.1 Å². The number of ether oxygens (including phenoxy) is 1. The molecule has 8 heteroatoms. The van der Waals surface area contributed by atoms with Crippen molar-refractivity contribution in [3.05, 3.63) is 53.4 Å². The standard InChI is InChI=1S/C19H20ClN5O2/c1-19(2,3)27-18(26)23-11-12-4-6-13(7-5-12)16-14(10-15(20)24-25-16)17-21-8-9-22-17/h4-10H,11H2,1-3H3,(H,21,22)(H,23,26). The highest BCUT2D eigenvalue weighted by Crippen LogP contribution is 2.29. The molecule has 0 unspecified atom stereocenters. The highest BCUT2D eigenvalue weighted by atomic mass is 35.5. The monoisotopic (exact) mass is 385 g/mol. The molecule has 0 aliphatic rings. The molecule has 0 aliphatic carbocycles. The summed E-state index contributed by atoms with van der Waals surface area (Å²) in [6, 6.07) is 9.37. The maximum Gasteiger partial charge on any atom is 0.407 e. The molecule has 0 aliphatic heterocycles. The Morgan fingerprint density at radius 3 is 2.59 bits per heavy atom. The number of benzene rings is 1. The summed E-state index contributed by atoms with van der Waals surface area (Å²) in [6.45, 7) is 5.84. The van der Waals surface area contributed by atoms with Crippen molar-refractivity contribution in [1.82, 2.24) is 25.5 Å². The first kappa shape index (κ1) is 18.8. The number of H-pyrrole nitrogens is 1. The fourth-order valence-corrected chi connectivity index (χ4v) is 2.59. The van der Waals surface area contributed by atoms with Crippen LogP contribution in [0.25, 0.3) is 22.6 Å². The van der Waals surface area contributed by atoms with Crippen LogP contribution in [0.15, 0.2) is 42.7 Å². The number of hydrogen-bond donors (Lipinski definition) is 2. The zero-order valence-corrected chi connectivity index (χ0v) is 16.0. The van der Waals surface area contributed by atoms with Crippen LogP contribution in [0.2, 0.25) is 5.15 Å². The van der Waals surface area contributed by atoms with E-state index in [4.69, 9.17) is 16.3 Å². The van der Waals surface area contributed by atoms with Gasteiger partial charge in [-0.25, -0.2) is 9.78 Å². The summed E-state index contributed by atoms with van der Waals surface area (Å²) in [6.07, 6.45) is 2.95. The summed E-state index contributed by atoms with van der Waals surface area (Å²) in [5.41, 5.74) is 2.71. The van der Waals surface area contributed by atoms with Crippen LogP contribution in [-0.4, -0.2) is 31.9 Å². The Hall–Kier alpha value is -2.93. The Bertz CT molecular complexity index is 918. The number of aromatic nitrogens is 4. The van der Waals surface area contributed by atoms with Crippen molar-refractivity contribution < 1.29 is 9.53 Å². The number of alkyl carbamates (subject to hydrolysis) is 1. The van der Waals surface area contributed by atoms with E-state index in [1.54, 1.807) is 18.5 Å². The maximum absolute atomic E-state index is 11.8. The molecule has 0 fully saturated rings. The lowest BCUT2D eigenvalue weighted by Gasteiger charge is -2.19. The number of rotatable bonds is 4. The summed E-state index contributed by atoms with van der Waals surface area (Å²) >= 11 is 6.00. The van der Waals surface area contributed by atoms with E-state index in [1.165, 1.54) is 0 Å². The van der Waals surface area contributed by atoms with Crippen molar-refractivity contribution in [3.63, 3.8) is 0 Å². The second kappa shape index (κ2) is 7.75. The average Bonchev–Trinajstić information content (AvgIpc) is 3.13. The van der Waals surface area contributed by atoms with E-state index in [2.05, 4.69) is 25.5 Å². The molecular formula is C19H20ClN5O2. The molecule has 3 aromatic rings. The normalized spacial score (nSPS) is 11.3. The number of imidazole rings is 1. The van der Waals surface area contributed by atoms with Crippen molar-refractivity contribution >= 4 is 17.7 Å². The predicted octanol–water partition coefficient (Wildman–Crippen LogP) is 4.21. The second-order valence-corrected chi connectivity index (χ2v) is 7.31. The zero-order chi connectivity index (χ0) is 19.4. The van der Waals surface area contributed by atoms with Crippen LogP contribution in [0.3, 0.4) is 0 Å². The predicted molar refractivity (Wildman–Crippen MR) is 103 cm³/mol. The van der Waals surface area contributed by atoms with E-state index in [0.717, 1.165) is 16.7 Å². The summed E-state index contributed by atoms with van der Waals surface area (Å²) < 4.78 is 5.23. The van der Waals surface area contributed by atoms with Crippen LogP contribution < -0.4 is 5.32 Å². The van der Waals surface area contributed by atoms with E-state index in [9.17, 15) is 4.79 Å². The van der Waals surface area contributed by atoms with Gasteiger partial charge in [-0.3, -0.25) is 0 Å². The highest BCUT2D eigenvalue weighted by Gasteiger charge is 2.16. The first-order valence-electron chi connectivity index (χ1n) is 8.41. The van der Waals surface area contributed by atoms with Gasteiger partial charge in [-0.15, -0.1) is 10.2 Å². The van der Waals surface area contributed by atoms with Crippen LogP contribution in [0.1, 0.15) is 26.3 Å². The Kier molecular flexibility index (Phi) is 5.41. The molecule has 0 radical (unpaired) electrons. The fourth-order valence-electron chi connectivity index (χ4n) is 2.44.